The monoisotopic (exact) mass is 312 g/mol. The number of nitrogens with zero attached hydrogens (tertiary/aromatic N) is 2. The van der Waals surface area contributed by atoms with E-state index in [0.29, 0.717) is 17.8 Å². The molecule has 2 unspecified atom stereocenters. The van der Waals surface area contributed by atoms with Gasteiger partial charge in [0.25, 0.3) is 0 Å². The lowest BCUT2D eigenvalue weighted by Gasteiger charge is -2.19. The molecule has 2 aromatic rings. The molecule has 0 fully saturated rings. The van der Waals surface area contributed by atoms with Gasteiger partial charge in [0.2, 0.25) is 0 Å². The number of aliphatic carboxylic acids is 1. The van der Waals surface area contributed by atoms with E-state index < -0.39 is 11.9 Å². The first-order chi connectivity index (χ1) is 11.0. The summed E-state index contributed by atoms with van der Waals surface area (Å²) in [4.78, 5) is 20.0. The van der Waals surface area contributed by atoms with E-state index >= 15 is 0 Å². The number of halogens is 1. The number of benzene rings is 1. The van der Waals surface area contributed by atoms with Gasteiger partial charge in [0.1, 0.15) is 11.6 Å². The Morgan fingerprint density at radius 1 is 1.26 bits per heavy atom. The Balaban J connectivity index is 1.99. The third-order valence-electron chi connectivity index (χ3n) is 4.40. The van der Waals surface area contributed by atoms with Gasteiger partial charge in [-0.25, -0.2) is 14.4 Å². The Bertz CT molecular complexity index is 784. The number of carboxylic acids is 1. The van der Waals surface area contributed by atoms with Gasteiger partial charge in [-0.1, -0.05) is 18.2 Å². The summed E-state index contributed by atoms with van der Waals surface area (Å²) in [6, 6.07) is 4.83. The highest BCUT2D eigenvalue weighted by molar-refractivity contribution is 5.81. The molecule has 3 rings (SSSR count). The number of hydrogen-bond donors (Lipinski definition) is 1. The number of rotatable bonds is 3. The predicted molar refractivity (Wildman–Crippen MR) is 84.4 cm³/mol. The maximum Gasteiger partial charge on any atom is 0.311 e. The SMILES string of the molecule is Cc1ncc(C2=CC(C(=O)O)C(c3cccc(F)c3C)C2)cn1. The molecule has 2 atom stereocenters. The molecule has 1 aromatic heterocycles. The summed E-state index contributed by atoms with van der Waals surface area (Å²) in [5, 5.41) is 9.54. The summed E-state index contributed by atoms with van der Waals surface area (Å²) in [5.41, 5.74) is 2.97. The third-order valence-corrected chi connectivity index (χ3v) is 4.40. The summed E-state index contributed by atoms with van der Waals surface area (Å²) >= 11 is 0. The molecule has 1 heterocycles. The molecule has 0 amide bonds. The molecule has 0 aliphatic heterocycles. The molecule has 0 spiro atoms. The summed E-state index contributed by atoms with van der Waals surface area (Å²) in [6.07, 6.45) is 5.68. The molecule has 0 saturated heterocycles. The molecule has 1 N–H and O–H groups in total. The van der Waals surface area contributed by atoms with Crippen LogP contribution in [-0.2, 0) is 4.79 Å². The lowest BCUT2D eigenvalue weighted by molar-refractivity contribution is -0.140. The van der Waals surface area contributed by atoms with Crippen LogP contribution in [0.3, 0.4) is 0 Å². The molecule has 1 aliphatic rings. The Morgan fingerprint density at radius 2 is 1.96 bits per heavy atom. The van der Waals surface area contributed by atoms with Crippen LogP contribution in [0.4, 0.5) is 4.39 Å². The van der Waals surface area contributed by atoms with Gasteiger partial charge in [0.05, 0.1) is 5.92 Å². The van der Waals surface area contributed by atoms with E-state index in [0.717, 1.165) is 16.7 Å². The molecule has 5 heteroatoms. The van der Waals surface area contributed by atoms with Crippen molar-refractivity contribution < 1.29 is 14.3 Å². The smallest absolute Gasteiger partial charge is 0.311 e. The number of hydrogen-bond acceptors (Lipinski definition) is 3. The van der Waals surface area contributed by atoms with E-state index in [1.54, 1.807) is 44.4 Å². The van der Waals surface area contributed by atoms with E-state index in [4.69, 9.17) is 0 Å². The fraction of sp³-hybridized carbons (Fsp3) is 0.278. The second-order valence-corrected chi connectivity index (χ2v) is 5.84. The molecule has 0 saturated carbocycles. The average molecular weight is 312 g/mol. The van der Waals surface area contributed by atoms with E-state index in [1.165, 1.54) is 6.07 Å². The zero-order valence-electron chi connectivity index (χ0n) is 13.0. The Kier molecular flexibility index (Phi) is 3.94. The summed E-state index contributed by atoms with van der Waals surface area (Å²) in [5.74, 6) is -1.49. The van der Waals surface area contributed by atoms with Crippen molar-refractivity contribution >= 4 is 11.5 Å². The van der Waals surface area contributed by atoms with Crippen LogP contribution < -0.4 is 0 Å². The maximum absolute atomic E-state index is 13.8. The number of carbonyl (C=O) groups is 1. The predicted octanol–water partition coefficient (Wildman–Crippen LogP) is 3.50. The highest BCUT2D eigenvalue weighted by Gasteiger charge is 2.35. The fourth-order valence-electron chi connectivity index (χ4n) is 3.11. The molecular formula is C18H17FN2O2. The van der Waals surface area contributed by atoms with Crippen LogP contribution in [-0.4, -0.2) is 21.0 Å². The number of allylic oxidation sites excluding steroid dienone is 1. The van der Waals surface area contributed by atoms with Crippen molar-refractivity contribution in [3.8, 4) is 0 Å². The zero-order valence-corrected chi connectivity index (χ0v) is 13.0. The van der Waals surface area contributed by atoms with Gasteiger partial charge in [-0.3, -0.25) is 4.79 Å². The van der Waals surface area contributed by atoms with Crippen LogP contribution >= 0.6 is 0 Å². The first kappa shape index (κ1) is 15.3. The molecule has 0 bridgehead atoms. The van der Waals surface area contributed by atoms with Crippen molar-refractivity contribution in [1.29, 1.82) is 0 Å². The molecule has 4 nitrogen and oxygen atoms in total. The number of aromatic nitrogens is 2. The summed E-state index contributed by atoms with van der Waals surface area (Å²) in [7, 11) is 0. The largest absolute Gasteiger partial charge is 0.481 e. The first-order valence-electron chi connectivity index (χ1n) is 7.45. The molecule has 118 valence electrons. The minimum Gasteiger partial charge on any atom is -0.481 e. The molecule has 1 aromatic carbocycles. The van der Waals surface area contributed by atoms with Crippen molar-refractivity contribution in [2.24, 2.45) is 5.92 Å². The lowest BCUT2D eigenvalue weighted by Crippen LogP contribution is -2.17. The average Bonchev–Trinajstić information content (AvgIpc) is 2.96. The summed E-state index contributed by atoms with van der Waals surface area (Å²) < 4.78 is 13.8. The molecule has 23 heavy (non-hydrogen) atoms. The van der Waals surface area contributed by atoms with Crippen molar-refractivity contribution in [3.63, 3.8) is 0 Å². The number of aryl methyl sites for hydroxylation is 1. The second-order valence-electron chi connectivity index (χ2n) is 5.84. The number of carboxylic acid groups (broad SMARTS) is 1. The topological polar surface area (TPSA) is 63.1 Å². The van der Waals surface area contributed by atoms with Crippen LogP contribution in [0.2, 0.25) is 0 Å². The Hall–Kier alpha value is -2.56. The van der Waals surface area contributed by atoms with Gasteiger partial charge in [-0.2, -0.15) is 0 Å². The van der Waals surface area contributed by atoms with Gasteiger partial charge in [-0.05, 0) is 43.0 Å². The van der Waals surface area contributed by atoms with E-state index in [9.17, 15) is 14.3 Å². The second kappa shape index (κ2) is 5.91. The van der Waals surface area contributed by atoms with E-state index in [-0.39, 0.29) is 11.7 Å². The van der Waals surface area contributed by atoms with Crippen LogP contribution in [0.25, 0.3) is 5.57 Å². The third kappa shape index (κ3) is 2.86. The maximum atomic E-state index is 13.8. The highest BCUT2D eigenvalue weighted by atomic mass is 19.1. The van der Waals surface area contributed by atoms with Crippen molar-refractivity contribution in [2.75, 3.05) is 0 Å². The fourth-order valence-corrected chi connectivity index (χ4v) is 3.11. The Morgan fingerprint density at radius 3 is 2.61 bits per heavy atom. The molecule has 0 radical (unpaired) electrons. The summed E-state index contributed by atoms with van der Waals surface area (Å²) in [6.45, 7) is 3.49. The van der Waals surface area contributed by atoms with E-state index in [1.807, 2.05) is 0 Å². The molecule has 1 aliphatic carbocycles. The lowest BCUT2D eigenvalue weighted by atomic mass is 9.85. The zero-order chi connectivity index (χ0) is 16.6. The van der Waals surface area contributed by atoms with Crippen LogP contribution in [0.1, 0.15) is 34.9 Å². The van der Waals surface area contributed by atoms with Gasteiger partial charge in [-0.15, -0.1) is 0 Å². The van der Waals surface area contributed by atoms with Crippen molar-refractivity contribution in [1.82, 2.24) is 9.97 Å². The van der Waals surface area contributed by atoms with Gasteiger partial charge in [0.15, 0.2) is 0 Å². The van der Waals surface area contributed by atoms with Gasteiger partial charge in [0, 0.05) is 23.9 Å². The van der Waals surface area contributed by atoms with E-state index in [2.05, 4.69) is 9.97 Å². The van der Waals surface area contributed by atoms with Gasteiger partial charge < -0.3 is 5.11 Å². The Labute approximate surface area is 133 Å². The van der Waals surface area contributed by atoms with Gasteiger partial charge >= 0.3 is 5.97 Å². The first-order valence-corrected chi connectivity index (χ1v) is 7.45. The highest BCUT2D eigenvalue weighted by Crippen LogP contribution is 2.43. The quantitative estimate of drug-likeness (QED) is 0.942. The minimum absolute atomic E-state index is 0.278. The van der Waals surface area contributed by atoms with Crippen molar-refractivity contribution in [3.05, 3.63) is 65.0 Å². The van der Waals surface area contributed by atoms with Crippen molar-refractivity contribution in [2.45, 2.75) is 26.2 Å². The standard InChI is InChI=1S/C18H17FN2O2/c1-10-14(4-3-5-17(10)19)15-6-12(7-16(15)18(22)23)13-8-20-11(2)21-9-13/h3-5,7-9,15-16H,6H2,1-2H3,(H,22,23). The van der Waals surface area contributed by atoms with Crippen LogP contribution in [0, 0.1) is 25.6 Å². The van der Waals surface area contributed by atoms with Crippen LogP contribution in [0.15, 0.2) is 36.7 Å². The molecular weight excluding hydrogens is 295 g/mol. The minimum atomic E-state index is -0.901. The van der Waals surface area contributed by atoms with Crippen LogP contribution in [0.5, 0.6) is 0 Å². The normalized spacial score (nSPS) is 20.4.